The molecule has 5 nitrogen and oxygen atoms in total. The van der Waals surface area contributed by atoms with E-state index in [1.165, 1.54) is 18.3 Å². The zero-order valence-corrected chi connectivity index (χ0v) is 13.8. The molecule has 0 aliphatic carbocycles. The summed E-state index contributed by atoms with van der Waals surface area (Å²) in [4.78, 5) is 32.5. The van der Waals surface area contributed by atoms with E-state index in [0.717, 1.165) is 22.2 Å². The van der Waals surface area contributed by atoms with Gasteiger partial charge in [0.25, 0.3) is 5.91 Å². The van der Waals surface area contributed by atoms with Crippen LogP contribution in [0, 0.1) is 13.8 Å². The van der Waals surface area contributed by atoms with Crippen molar-refractivity contribution in [1.29, 1.82) is 0 Å². The Hall–Kier alpha value is -2.60. The van der Waals surface area contributed by atoms with Crippen molar-refractivity contribution in [3.05, 3.63) is 52.2 Å². The summed E-state index contributed by atoms with van der Waals surface area (Å²) in [5, 5.41) is 5.61. The first kappa shape index (κ1) is 15.3. The molecular formula is C17H15N3O2S. The van der Waals surface area contributed by atoms with Crippen LogP contribution in [0.2, 0.25) is 0 Å². The molecule has 116 valence electrons. The lowest BCUT2D eigenvalue weighted by molar-refractivity contribution is 0.100. The smallest absolute Gasteiger partial charge is 0.258 e. The van der Waals surface area contributed by atoms with Crippen molar-refractivity contribution < 1.29 is 9.59 Å². The highest BCUT2D eigenvalue weighted by Crippen LogP contribution is 2.22. The summed E-state index contributed by atoms with van der Waals surface area (Å²) >= 11 is 1.23. The molecule has 3 rings (SSSR count). The van der Waals surface area contributed by atoms with Crippen LogP contribution in [0.25, 0.3) is 10.9 Å². The fourth-order valence-electron chi connectivity index (χ4n) is 2.32. The van der Waals surface area contributed by atoms with E-state index in [9.17, 15) is 9.59 Å². The number of amides is 1. The topological polar surface area (TPSA) is 72.0 Å². The molecule has 0 atom stereocenters. The summed E-state index contributed by atoms with van der Waals surface area (Å²) < 4.78 is 0. The van der Waals surface area contributed by atoms with Crippen LogP contribution in [0.3, 0.4) is 0 Å². The van der Waals surface area contributed by atoms with Crippen molar-refractivity contribution in [2.45, 2.75) is 20.8 Å². The summed E-state index contributed by atoms with van der Waals surface area (Å²) in [5.41, 5.74) is 3.53. The molecule has 0 bridgehead atoms. The van der Waals surface area contributed by atoms with Crippen molar-refractivity contribution >= 4 is 39.1 Å². The lowest BCUT2D eigenvalue weighted by Crippen LogP contribution is -2.13. The molecule has 0 fully saturated rings. The quantitative estimate of drug-likeness (QED) is 0.744. The van der Waals surface area contributed by atoms with Crippen LogP contribution < -0.4 is 5.32 Å². The number of rotatable bonds is 3. The Kier molecular flexibility index (Phi) is 3.92. The van der Waals surface area contributed by atoms with Gasteiger partial charge in [0.05, 0.1) is 11.1 Å². The van der Waals surface area contributed by atoms with Crippen LogP contribution in [0.4, 0.5) is 5.13 Å². The minimum atomic E-state index is -0.254. The van der Waals surface area contributed by atoms with Crippen molar-refractivity contribution in [1.82, 2.24) is 9.97 Å². The largest absolute Gasteiger partial charge is 0.298 e. The minimum absolute atomic E-state index is 0.123. The Morgan fingerprint density at radius 1 is 1.13 bits per heavy atom. The van der Waals surface area contributed by atoms with Crippen LogP contribution in [-0.2, 0) is 0 Å². The van der Waals surface area contributed by atoms with Gasteiger partial charge >= 0.3 is 0 Å². The number of carbonyl (C=O) groups excluding carboxylic acids is 2. The average molecular weight is 325 g/mol. The summed E-state index contributed by atoms with van der Waals surface area (Å²) in [5.74, 6) is -0.377. The summed E-state index contributed by atoms with van der Waals surface area (Å²) in [6.07, 6.45) is 0. The maximum atomic E-state index is 12.6. The molecule has 0 radical (unpaired) electrons. The van der Waals surface area contributed by atoms with Gasteiger partial charge in [0.15, 0.2) is 10.9 Å². The number of aromatic nitrogens is 2. The molecule has 1 N–H and O–H groups in total. The zero-order valence-electron chi connectivity index (χ0n) is 13.0. The lowest BCUT2D eigenvalue weighted by Gasteiger charge is -2.08. The maximum absolute atomic E-state index is 12.6. The molecule has 23 heavy (non-hydrogen) atoms. The molecule has 0 saturated heterocycles. The third kappa shape index (κ3) is 3.12. The van der Waals surface area contributed by atoms with Gasteiger partial charge in [-0.1, -0.05) is 11.6 Å². The number of hydrogen-bond acceptors (Lipinski definition) is 5. The number of carbonyl (C=O) groups is 2. The molecule has 0 unspecified atom stereocenters. The highest BCUT2D eigenvalue weighted by Gasteiger charge is 2.15. The van der Waals surface area contributed by atoms with Crippen molar-refractivity contribution in [3.63, 3.8) is 0 Å². The van der Waals surface area contributed by atoms with E-state index >= 15 is 0 Å². The number of Topliss-reactive ketones (excluding diaryl/α,β-unsaturated/α-hetero) is 1. The second-order valence-electron chi connectivity index (χ2n) is 5.38. The van der Waals surface area contributed by atoms with Gasteiger partial charge in [-0.25, -0.2) is 4.98 Å². The van der Waals surface area contributed by atoms with Crippen molar-refractivity contribution in [2.75, 3.05) is 5.32 Å². The van der Waals surface area contributed by atoms with Gasteiger partial charge in [-0.05, 0) is 32.0 Å². The molecule has 1 aromatic carbocycles. The molecule has 1 amide bonds. The lowest BCUT2D eigenvalue weighted by atomic mass is 10.0. The fourth-order valence-corrected chi connectivity index (χ4v) is 3.06. The Balaban J connectivity index is 1.99. The fraction of sp³-hybridized carbons (Fsp3) is 0.176. The Labute approximate surface area is 137 Å². The first-order chi connectivity index (χ1) is 10.9. The molecule has 0 aliphatic rings. The van der Waals surface area contributed by atoms with Crippen LogP contribution in [-0.4, -0.2) is 21.7 Å². The number of nitrogens with zero attached hydrogens (tertiary/aromatic N) is 2. The number of benzene rings is 1. The van der Waals surface area contributed by atoms with E-state index in [0.29, 0.717) is 16.4 Å². The predicted octanol–water partition coefficient (Wildman–Crippen LogP) is 3.76. The van der Waals surface area contributed by atoms with E-state index in [4.69, 9.17) is 0 Å². The van der Waals surface area contributed by atoms with E-state index in [1.807, 2.05) is 32.0 Å². The summed E-state index contributed by atoms with van der Waals surface area (Å²) in [6, 6.07) is 7.58. The van der Waals surface area contributed by atoms with Crippen molar-refractivity contribution in [3.8, 4) is 0 Å². The van der Waals surface area contributed by atoms with Crippen LogP contribution in [0.5, 0.6) is 0 Å². The van der Waals surface area contributed by atoms with Crippen LogP contribution >= 0.6 is 11.3 Å². The molecular weight excluding hydrogens is 310 g/mol. The molecule has 3 aromatic rings. The number of pyridine rings is 1. The summed E-state index contributed by atoms with van der Waals surface area (Å²) in [7, 11) is 0. The molecule has 2 heterocycles. The average Bonchev–Trinajstić information content (AvgIpc) is 2.95. The standard InChI is InChI=1S/C17H15N3O2S/c1-9-4-5-14-12(6-9)13(7-10(2)18-14)16(22)20-17-19-15(8-23-17)11(3)21/h4-8H,1-3H3,(H,19,20,22). The SMILES string of the molecule is CC(=O)c1csc(NC(=O)c2cc(C)nc3ccc(C)cc23)n1. The van der Waals surface area contributed by atoms with Gasteiger partial charge in [-0.3, -0.25) is 19.9 Å². The number of ketones is 1. The number of hydrogen-bond donors (Lipinski definition) is 1. The van der Waals surface area contributed by atoms with Gasteiger partial charge in [-0.15, -0.1) is 11.3 Å². The Bertz CT molecular complexity index is 931. The predicted molar refractivity (Wildman–Crippen MR) is 91.3 cm³/mol. The Morgan fingerprint density at radius 2 is 1.91 bits per heavy atom. The monoisotopic (exact) mass is 325 g/mol. The number of thiazole rings is 1. The van der Waals surface area contributed by atoms with E-state index in [1.54, 1.807) is 11.4 Å². The molecule has 0 spiro atoms. The molecule has 0 saturated carbocycles. The first-order valence-corrected chi connectivity index (χ1v) is 7.98. The van der Waals surface area contributed by atoms with E-state index < -0.39 is 0 Å². The maximum Gasteiger partial charge on any atom is 0.258 e. The third-order valence-corrected chi connectivity index (χ3v) is 4.18. The van der Waals surface area contributed by atoms with Crippen LogP contribution in [0.15, 0.2) is 29.6 Å². The van der Waals surface area contributed by atoms with Gasteiger partial charge in [0.1, 0.15) is 5.69 Å². The number of nitrogens with one attached hydrogen (secondary N) is 1. The number of anilines is 1. The van der Waals surface area contributed by atoms with E-state index in [-0.39, 0.29) is 11.7 Å². The van der Waals surface area contributed by atoms with Gasteiger partial charge in [0, 0.05) is 23.4 Å². The van der Waals surface area contributed by atoms with Gasteiger partial charge in [0.2, 0.25) is 0 Å². The molecule has 0 aliphatic heterocycles. The minimum Gasteiger partial charge on any atom is -0.298 e. The molecule has 2 aromatic heterocycles. The second kappa shape index (κ2) is 5.89. The number of fused-ring (bicyclic) bond motifs is 1. The molecule has 6 heteroatoms. The van der Waals surface area contributed by atoms with Gasteiger partial charge < -0.3 is 0 Å². The highest BCUT2D eigenvalue weighted by atomic mass is 32.1. The Morgan fingerprint density at radius 3 is 2.61 bits per heavy atom. The van der Waals surface area contributed by atoms with Gasteiger partial charge in [-0.2, -0.15) is 0 Å². The number of aryl methyl sites for hydroxylation is 2. The second-order valence-corrected chi connectivity index (χ2v) is 6.24. The van der Waals surface area contributed by atoms with Crippen LogP contribution in [0.1, 0.15) is 39.0 Å². The van der Waals surface area contributed by atoms with Crippen molar-refractivity contribution in [2.24, 2.45) is 0 Å². The first-order valence-electron chi connectivity index (χ1n) is 7.10. The normalized spacial score (nSPS) is 10.7. The third-order valence-electron chi connectivity index (χ3n) is 3.42. The highest BCUT2D eigenvalue weighted by molar-refractivity contribution is 7.14. The summed E-state index contributed by atoms with van der Waals surface area (Å²) in [6.45, 7) is 5.28. The zero-order chi connectivity index (χ0) is 16.6. The van der Waals surface area contributed by atoms with E-state index in [2.05, 4.69) is 15.3 Å².